The van der Waals surface area contributed by atoms with Crippen molar-refractivity contribution in [1.82, 2.24) is 0 Å². The van der Waals surface area contributed by atoms with E-state index >= 15 is 0 Å². The molecule has 0 saturated carbocycles. The van der Waals surface area contributed by atoms with E-state index in [2.05, 4.69) is 29.5 Å². The molecule has 0 heterocycles. The van der Waals surface area contributed by atoms with Crippen LogP contribution in [0.3, 0.4) is 0 Å². The highest BCUT2D eigenvalue weighted by Gasteiger charge is 2.44. The fourth-order valence-electron chi connectivity index (χ4n) is 0.853. The summed E-state index contributed by atoms with van der Waals surface area (Å²) in [6.45, 7) is 1.74. The van der Waals surface area contributed by atoms with Crippen molar-refractivity contribution in [3.63, 3.8) is 0 Å². The number of nitrogens with zero attached hydrogens (tertiary/aromatic N) is 4. The van der Waals surface area contributed by atoms with Crippen molar-refractivity contribution in [2.24, 2.45) is 20.5 Å². The Kier molecular flexibility index (Phi) is 6.16. The lowest BCUT2D eigenvalue weighted by molar-refractivity contribution is -0.136. The van der Waals surface area contributed by atoms with Crippen molar-refractivity contribution in [3.05, 3.63) is 0 Å². The zero-order valence-corrected chi connectivity index (χ0v) is 11.3. The first-order valence-corrected chi connectivity index (χ1v) is 5.94. The van der Waals surface area contributed by atoms with Gasteiger partial charge in [-0.05, 0) is 0 Å². The smallest absolute Gasteiger partial charge is 0.292 e. The normalized spacial score (nSPS) is 17.9. The van der Waals surface area contributed by atoms with Gasteiger partial charge in [0.1, 0.15) is 0 Å². The molecule has 0 aromatic heterocycles. The van der Waals surface area contributed by atoms with Crippen molar-refractivity contribution in [3.8, 4) is 0 Å². The molecule has 0 aliphatic rings. The minimum Gasteiger partial charge on any atom is -0.292 e. The molecule has 0 saturated heterocycles. The fraction of sp³-hybridized carbons (Fsp3) is 0.667. The van der Waals surface area contributed by atoms with Gasteiger partial charge in [-0.25, -0.2) is 22.1 Å². The maximum atomic E-state index is 11.6. The van der Waals surface area contributed by atoms with Crippen LogP contribution >= 0.6 is 8.25 Å². The van der Waals surface area contributed by atoms with Gasteiger partial charge in [0.15, 0.2) is 0 Å². The molecule has 14 heteroatoms. The molecule has 0 amide bonds. The molecule has 0 aromatic carbocycles. The first kappa shape index (κ1) is 17.9. The maximum absolute atomic E-state index is 11.6. The fourth-order valence-corrected chi connectivity index (χ4v) is 1.83. The average Bonchev–Trinajstić information content (AvgIpc) is 2.41. The second kappa shape index (κ2) is 6.88. The summed E-state index contributed by atoms with van der Waals surface area (Å²) in [6.07, 6.45) is 0. The SMILES string of the molecule is CC(=O)C(N=N)(N=N)O[PH](=O)OC(N=N)(N=N)C(C)=O. The van der Waals surface area contributed by atoms with Crippen LogP contribution in [-0.4, -0.2) is 23.3 Å². The number of hydrogen-bond acceptors (Lipinski definition) is 13. The van der Waals surface area contributed by atoms with Gasteiger partial charge in [0.2, 0.25) is 11.6 Å². The Morgan fingerprint density at radius 1 is 0.850 bits per heavy atom. The minimum absolute atomic E-state index is 0.868. The van der Waals surface area contributed by atoms with Gasteiger partial charge >= 0.3 is 20.0 Å². The van der Waals surface area contributed by atoms with E-state index in [4.69, 9.17) is 22.1 Å². The van der Waals surface area contributed by atoms with Crippen LogP contribution in [0.4, 0.5) is 0 Å². The largest absolute Gasteiger partial charge is 0.359 e. The molecule has 0 aliphatic carbocycles. The van der Waals surface area contributed by atoms with Crippen LogP contribution in [-0.2, 0) is 23.2 Å². The highest BCUT2D eigenvalue weighted by Crippen LogP contribution is 2.39. The van der Waals surface area contributed by atoms with E-state index in [-0.39, 0.29) is 0 Å². The quantitative estimate of drug-likeness (QED) is 0.350. The van der Waals surface area contributed by atoms with E-state index in [9.17, 15) is 14.2 Å². The Balaban J connectivity index is 5.30. The zero-order chi connectivity index (χ0) is 16.0. The molecule has 13 nitrogen and oxygen atoms in total. The van der Waals surface area contributed by atoms with Crippen LogP contribution < -0.4 is 0 Å². The molecule has 0 atom stereocenters. The van der Waals surface area contributed by atoms with Crippen LogP contribution in [0.1, 0.15) is 13.8 Å². The Hall–Kier alpha value is -2.11. The number of hydrogen-bond donors (Lipinski definition) is 4. The van der Waals surface area contributed by atoms with Gasteiger partial charge in [0.05, 0.1) is 0 Å². The molecule has 0 bridgehead atoms. The standard InChI is InChI=1S/C6H11N8O5P/c1-3(15)5(11-7,12-8)18-20(17)19-6(13-9,14-10)4(2)16/h7-10,20H,1-2H3. The van der Waals surface area contributed by atoms with Gasteiger partial charge in [-0.15, -0.1) is 20.5 Å². The number of rotatable bonds is 10. The lowest BCUT2D eigenvalue weighted by Crippen LogP contribution is -2.36. The number of Topliss-reactive ketones (excluding diaryl/α,β-unsaturated/α-hetero) is 2. The molecule has 0 aromatic rings. The molecule has 110 valence electrons. The average molecular weight is 306 g/mol. The summed E-state index contributed by atoms with van der Waals surface area (Å²) in [5, 5.41) is 10.5. The van der Waals surface area contributed by atoms with Crippen LogP contribution in [0.15, 0.2) is 20.5 Å². The van der Waals surface area contributed by atoms with Crippen molar-refractivity contribution in [2.45, 2.75) is 25.5 Å². The molecular weight excluding hydrogens is 295 g/mol. The van der Waals surface area contributed by atoms with E-state index in [1.807, 2.05) is 0 Å². The Bertz CT molecular complexity index is 434. The van der Waals surface area contributed by atoms with Crippen LogP contribution in [0.25, 0.3) is 0 Å². The highest BCUT2D eigenvalue weighted by molar-refractivity contribution is 7.33. The third-order valence-electron chi connectivity index (χ3n) is 1.97. The van der Waals surface area contributed by atoms with Crippen molar-refractivity contribution in [2.75, 3.05) is 0 Å². The first-order chi connectivity index (χ1) is 9.23. The zero-order valence-electron chi connectivity index (χ0n) is 10.3. The number of carbonyl (C=O) groups excluding carboxylic acids is 2. The minimum atomic E-state index is -3.79. The van der Waals surface area contributed by atoms with Crippen molar-refractivity contribution >= 4 is 19.8 Å². The van der Waals surface area contributed by atoms with Crippen molar-refractivity contribution < 1.29 is 23.2 Å². The van der Waals surface area contributed by atoms with Crippen LogP contribution in [0, 0.1) is 22.1 Å². The highest BCUT2D eigenvalue weighted by atomic mass is 31.1. The number of ketones is 2. The van der Waals surface area contributed by atoms with Gasteiger partial charge in [-0.1, -0.05) is 0 Å². The molecule has 0 rings (SSSR count). The Morgan fingerprint density at radius 2 is 1.10 bits per heavy atom. The van der Waals surface area contributed by atoms with Gasteiger partial charge in [-0.2, -0.15) is 0 Å². The van der Waals surface area contributed by atoms with E-state index < -0.39 is 31.5 Å². The third kappa shape index (κ3) is 3.46. The topological polar surface area (TPSA) is 215 Å². The molecule has 0 fully saturated rings. The summed E-state index contributed by atoms with van der Waals surface area (Å²) < 4.78 is 20.5. The van der Waals surface area contributed by atoms with E-state index in [1.54, 1.807) is 0 Å². The van der Waals surface area contributed by atoms with Gasteiger partial charge < -0.3 is 0 Å². The number of carbonyl (C=O) groups is 2. The Labute approximate surface area is 112 Å². The molecular formula is C6H11N8O5P. The molecule has 20 heavy (non-hydrogen) atoms. The summed E-state index contributed by atoms with van der Waals surface area (Å²) in [5.74, 6) is -7.49. The summed E-state index contributed by atoms with van der Waals surface area (Å²) in [4.78, 5) is 22.4. The predicted octanol–water partition coefficient (Wildman–Crippen LogP) is 2.02. The van der Waals surface area contributed by atoms with E-state index in [0.717, 1.165) is 13.8 Å². The second-order valence-electron chi connectivity index (χ2n) is 3.23. The summed E-state index contributed by atoms with van der Waals surface area (Å²) in [5.41, 5.74) is 26.9. The van der Waals surface area contributed by atoms with Crippen molar-refractivity contribution in [1.29, 1.82) is 22.1 Å². The van der Waals surface area contributed by atoms with E-state index in [0.29, 0.717) is 0 Å². The summed E-state index contributed by atoms with van der Waals surface area (Å²) in [7, 11) is -3.79. The predicted molar refractivity (Wildman–Crippen MR) is 58.6 cm³/mol. The molecule has 0 radical (unpaired) electrons. The molecule has 0 aliphatic heterocycles. The number of nitrogens with one attached hydrogen (secondary N) is 4. The van der Waals surface area contributed by atoms with E-state index in [1.165, 1.54) is 0 Å². The lowest BCUT2D eigenvalue weighted by atomic mass is 10.3. The monoisotopic (exact) mass is 306 g/mol. The van der Waals surface area contributed by atoms with Gasteiger partial charge in [0, 0.05) is 13.8 Å². The van der Waals surface area contributed by atoms with Gasteiger partial charge in [-0.3, -0.25) is 23.2 Å². The second-order valence-corrected chi connectivity index (χ2v) is 4.14. The summed E-state index contributed by atoms with van der Waals surface area (Å²) >= 11 is 0. The third-order valence-corrected chi connectivity index (χ3v) is 2.88. The lowest BCUT2D eigenvalue weighted by Gasteiger charge is -2.22. The van der Waals surface area contributed by atoms with Gasteiger partial charge in [0.25, 0.3) is 0 Å². The molecule has 4 N–H and O–H groups in total. The summed E-state index contributed by atoms with van der Waals surface area (Å²) in [6, 6.07) is 0. The van der Waals surface area contributed by atoms with Crippen LogP contribution in [0.2, 0.25) is 0 Å². The Morgan fingerprint density at radius 3 is 1.25 bits per heavy atom. The maximum Gasteiger partial charge on any atom is 0.359 e. The first-order valence-electron chi connectivity index (χ1n) is 4.72. The molecule has 0 spiro atoms. The molecule has 0 unspecified atom stereocenters. The van der Waals surface area contributed by atoms with Crippen LogP contribution in [0.5, 0.6) is 0 Å².